The number of halogens is 1. The van der Waals surface area contributed by atoms with Gasteiger partial charge < -0.3 is 4.57 Å². The molecule has 0 aliphatic carbocycles. The van der Waals surface area contributed by atoms with E-state index in [1.54, 1.807) is 12.5 Å². The molecule has 4 nitrogen and oxygen atoms in total. The van der Waals surface area contributed by atoms with Gasteiger partial charge in [0, 0.05) is 17.4 Å². The summed E-state index contributed by atoms with van der Waals surface area (Å²) in [6.45, 7) is 0.679. The average molecular weight is 311 g/mol. The van der Waals surface area contributed by atoms with Gasteiger partial charge in [-0.25, -0.2) is 4.98 Å². The van der Waals surface area contributed by atoms with Gasteiger partial charge in [0.2, 0.25) is 0 Å². The van der Waals surface area contributed by atoms with Crippen LogP contribution >= 0.6 is 11.6 Å². The zero-order valence-electron chi connectivity index (χ0n) is 11.9. The summed E-state index contributed by atoms with van der Waals surface area (Å²) in [6.07, 6.45) is 5.45. The van der Waals surface area contributed by atoms with E-state index in [-0.39, 0.29) is 6.04 Å². The van der Waals surface area contributed by atoms with Gasteiger partial charge >= 0.3 is 0 Å². The minimum absolute atomic E-state index is 0.0910. The van der Waals surface area contributed by atoms with Gasteiger partial charge in [-0.15, -0.1) is 0 Å². The van der Waals surface area contributed by atoms with Crippen LogP contribution in [0, 0.1) is 0 Å². The first-order chi connectivity index (χ1) is 10.8. The Morgan fingerprint density at radius 2 is 1.82 bits per heavy atom. The monoisotopic (exact) mass is 310 g/mol. The maximum Gasteiger partial charge on any atom is 0.114 e. The minimum Gasteiger partial charge on any atom is -0.335 e. The van der Waals surface area contributed by atoms with E-state index in [9.17, 15) is 0 Å². The number of nitrogens with zero attached hydrogens (tertiary/aromatic N) is 4. The van der Waals surface area contributed by atoms with Gasteiger partial charge in [0.05, 0.1) is 18.6 Å². The Hall–Kier alpha value is -2.46. The third-order valence-electron chi connectivity index (χ3n) is 3.27. The van der Waals surface area contributed by atoms with Crippen molar-refractivity contribution in [2.24, 2.45) is 10.2 Å². The molecule has 5 heteroatoms. The van der Waals surface area contributed by atoms with Crippen molar-refractivity contribution in [3.05, 3.63) is 83.9 Å². The molecule has 0 aliphatic heterocycles. The molecule has 110 valence electrons. The molecule has 0 saturated carbocycles. The van der Waals surface area contributed by atoms with Crippen LogP contribution in [0.25, 0.3) is 0 Å². The second-order valence-electron chi connectivity index (χ2n) is 4.88. The molecule has 22 heavy (non-hydrogen) atoms. The Morgan fingerprint density at radius 3 is 2.50 bits per heavy atom. The number of imidazole rings is 1. The van der Waals surface area contributed by atoms with Gasteiger partial charge in [-0.3, -0.25) is 0 Å². The summed E-state index contributed by atoms with van der Waals surface area (Å²) in [7, 11) is 0. The highest BCUT2D eigenvalue weighted by molar-refractivity contribution is 6.30. The number of aromatic nitrogens is 2. The lowest BCUT2D eigenvalue weighted by molar-refractivity contribution is 0.559. The smallest absolute Gasteiger partial charge is 0.114 e. The predicted octanol–water partition coefficient (Wildman–Crippen LogP) is 5.06. The average Bonchev–Trinajstić information content (AvgIpc) is 3.06. The molecule has 0 N–H and O–H groups in total. The summed E-state index contributed by atoms with van der Waals surface area (Å²) < 4.78 is 1.99. The normalized spacial score (nSPS) is 12.6. The first-order valence-corrected chi connectivity index (χ1v) is 7.36. The van der Waals surface area contributed by atoms with Crippen molar-refractivity contribution in [3.63, 3.8) is 0 Å². The summed E-state index contributed by atoms with van der Waals surface area (Å²) in [5.74, 6) is 0. The molecule has 0 radical (unpaired) electrons. The molecule has 0 bridgehead atoms. The zero-order chi connectivity index (χ0) is 15.2. The fourth-order valence-corrected chi connectivity index (χ4v) is 2.24. The lowest BCUT2D eigenvalue weighted by Crippen LogP contribution is -2.05. The van der Waals surface area contributed by atoms with Gasteiger partial charge in [0.1, 0.15) is 6.04 Å². The van der Waals surface area contributed by atoms with Gasteiger partial charge in [0.25, 0.3) is 0 Å². The van der Waals surface area contributed by atoms with Crippen molar-refractivity contribution in [2.75, 3.05) is 0 Å². The Morgan fingerprint density at radius 1 is 1.05 bits per heavy atom. The molecule has 0 fully saturated rings. The Kier molecular flexibility index (Phi) is 4.61. The fourth-order valence-electron chi connectivity index (χ4n) is 2.12. The predicted molar refractivity (Wildman–Crippen MR) is 87.4 cm³/mol. The zero-order valence-corrected chi connectivity index (χ0v) is 12.6. The number of hydrogen-bond donors (Lipinski definition) is 0. The number of benzene rings is 2. The highest BCUT2D eigenvalue weighted by Gasteiger charge is 2.11. The van der Waals surface area contributed by atoms with E-state index < -0.39 is 0 Å². The Bertz CT molecular complexity index is 721. The molecule has 1 aromatic heterocycles. The van der Waals surface area contributed by atoms with E-state index in [4.69, 9.17) is 11.6 Å². The Labute approximate surface area is 134 Å². The lowest BCUT2D eigenvalue weighted by atomic mass is 10.1. The maximum absolute atomic E-state index is 5.96. The number of rotatable bonds is 5. The van der Waals surface area contributed by atoms with Crippen LogP contribution in [0.2, 0.25) is 5.02 Å². The summed E-state index contributed by atoms with van der Waals surface area (Å²) in [5.41, 5.74) is 1.91. The molecule has 0 spiro atoms. The maximum atomic E-state index is 5.96. The molecule has 1 atom stereocenters. The summed E-state index contributed by atoms with van der Waals surface area (Å²) in [5, 5.41) is 9.56. The molecular formula is C17H15ClN4. The first-order valence-electron chi connectivity index (χ1n) is 6.98. The topological polar surface area (TPSA) is 42.5 Å². The van der Waals surface area contributed by atoms with E-state index in [0.717, 1.165) is 11.3 Å². The third kappa shape index (κ3) is 3.80. The van der Waals surface area contributed by atoms with Gasteiger partial charge in [0.15, 0.2) is 0 Å². The van der Waals surface area contributed by atoms with Crippen LogP contribution in [0.3, 0.4) is 0 Å². The Balaban J connectivity index is 1.85. The largest absolute Gasteiger partial charge is 0.335 e. The van der Waals surface area contributed by atoms with Crippen molar-refractivity contribution in [3.8, 4) is 0 Å². The quantitative estimate of drug-likeness (QED) is 0.607. The van der Waals surface area contributed by atoms with Crippen molar-refractivity contribution in [2.45, 2.75) is 12.6 Å². The summed E-state index contributed by atoms with van der Waals surface area (Å²) in [4.78, 5) is 4.07. The van der Waals surface area contributed by atoms with Crippen LogP contribution in [-0.2, 0) is 6.54 Å². The van der Waals surface area contributed by atoms with E-state index in [1.807, 2.05) is 65.4 Å². The SMILES string of the molecule is Clc1ccc(C(Cn2ccnc2)N=Nc2ccccc2)cc1. The molecule has 3 rings (SSSR count). The van der Waals surface area contributed by atoms with Crippen LogP contribution in [-0.4, -0.2) is 9.55 Å². The minimum atomic E-state index is -0.0910. The second-order valence-corrected chi connectivity index (χ2v) is 5.31. The van der Waals surface area contributed by atoms with Gasteiger partial charge in [-0.1, -0.05) is 41.9 Å². The van der Waals surface area contributed by atoms with Gasteiger partial charge in [-0.05, 0) is 29.8 Å². The second kappa shape index (κ2) is 7.00. The van der Waals surface area contributed by atoms with Crippen molar-refractivity contribution < 1.29 is 0 Å². The van der Waals surface area contributed by atoms with E-state index in [0.29, 0.717) is 11.6 Å². The molecular weight excluding hydrogens is 296 g/mol. The molecule has 0 saturated heterocycles. The van der Waals surface area contributed by atoms with Crippen LogP contribution in [0.5, 0.6) is 0 Å². The van der Waals surface area contributed by atoms with Crippen LogP contribution in [0.1, 0.15) is 11.6 Å². The first kappa shape index (κ1) is 14.5. The molecule has 1 unspecified atom stereocenters. The van der Waals surface area contributed by atoms with Gasteiger partial charge in [-0.2, -0.15) is 10.2 Å². The fraction of sp³-hybridized carbons (Fsp3) is 0.118. The summed E-state index contributed by atoms with van der Waals surface area (Å²) >= 11 is 5.96. The highest BCUT2D eigenvalue weighted by atomic mass is 35.5. The third-order valence-corrected chi connectivity index (χ3v) is 3.52. The number of azo groups is 1. The van der Waals surface area contributed by atoms with Crippen molar-refractivity contribution >= 4 is 17.3 Å². The van der Waals surface area contributed by atoms with Crippen LogP contribution in [0.4, 0.5) is 5.69 Å². The lowest BCUT2D eigenvalue weighted by Gasteiger charge is -2.12. The highest BCUT2D eigenvalue weighted by Crippen LogP contribution is 2.24. The number of hydrogen-bond acceptors (Lipinski definition) is 3. The standard InChI is InChI=1S/C17H15ClN4/c18-15-8-6-14(7-9-15)17(12-22-11-10-19-13-22)21-20-16-4-2-1-3-5-16/h1-11,13,17H,12H2. The molecule has 3 aromatic rings. The van der Waals surface area contributed by atoms with E-state index >= 15 is 0 Å². The molecule has 0 aliphatic rings. The van der Waals surface area contributed by atoms with Crippen LogP contribution in [0.15, 0.2) is 83.5 Å². The van der Waals surface area contributed by atoms with Crippen LogP contribution < -0.4 is 0 Å². The molecule has 0 amide bonds. The van der Waals surface area contributed by atoms with E-state index in [1.165, 1.54) is 0 Å². The van der Waals surface area contributed by atoms with Crippen molar-refractivity contribution in [1.29, 1.82) is 0 Å². The molecule has 1 heterocycles. The van der Waals surface area contributed by atoms with E-state index in [2.05, 4.69) is 15.2 Å². The molecule has 2 aromatic carbocycles. The van der Waals surface area contributed by atoms with Crippen molar-refractivity contribution in [1.82, 2.24) is 9.55 Å². The summed E-state index contributed by atoms with van der Waals surface area (Å²) in [6, 6.07) is 17.3.